The Balaban J connectivity index is 2.14. The van der Waals surface area contributed by atoms with Crippen molar-refractivity contribution in [2.24, 2.45) is 5.92 Å². The molecule has 1 aliphatic rings. The van der Waals surface area contributed by atoms with Crippen LogP contribution in [0.25, 0.3) is 0 Å². The number of amides is 1. The van der Waals surface area contributed by atoms with Gasteiger partial charge in [-0.15, -0.1) is 11.6 Å². The molecule has 1 aromatic heterocycles. The average molecular weight is 298 g/mol. The molecule has 1 atom stereocenters. The molecule has 1 N–H and O–H groups in total. The van der Waals surface area contributed by atoms with E-state index in [0.717, 1.165) is 18.5 Å². The monoisotopic (exact) mass is 297 g/mol. The summed E-state index contributed by atoms with van der Waals surface area (Å²) in [5.41, 5.74) is 0.830. The molecule has 110 valence electrons. The van der Waals surface area contributed by atoms with Gasteiger partial charge < -0.3 is 5.32 Å². The number of hydrogen-bond donors (Lipinski definition) is 1. The van der Waals surface area contributed by atoms with E-state index in [1.807, 2.05) is 13.8 Å². The van der Waals surface area contributed by atoms with Crippen LogP contribution in [0.3, 0.4) is 0 Å². The fourth-order valence-corrected chi connectivity index (χ4v) is 2.12. The highest BCUT2D eigenvalue weighted by atomic mass is 35.5. The van der Waals surface area contributed by atoms with Crippen LogP contribution < -0.4 is 10.9 Å². The SMILES string of the molecule is CC(C)[C@@H](Cn1nc(C2CC2)ccc1=O)NC(=O)CCl. The maximum Gasteiger partial charge on any atom is 0.266 e. The fourth-order valence-electron chi connectivity index (χ4n) is 2.05. The molecule has 1 aliphatic carbocycles. The Morgan fingerprint density at radius 2 is 2.20 bits per heavy atom. The summed E-state index contributed by atoms with van der Waals surface area (Å²) in [4.78, 5) is 23.3. The van der Waals surface area contributed by atoms with Crippen LogP contribution >= 0.6 is 11.6 Å². The van der Waals surface area contributed by atoms with Crippen molar-refractivity contribution in [3.05, 3.63) is 28.2 Å². The molecule has 1 fully saturated rings. The number of carbonyl (C=O) groups is 1. The Morgan fingerprint density at radius 1 is 1.50 bits per heavy atom. The first-order chi connectivity index (χ1) is 9.51. The predicted molar refractivity (Wildman–Crippen MR) is 78.0 cm³/mol. The van der Waals surface area contributed by atoms with Crippen LogP contribution in [-0.4, -0.2) is 27.6 Å². The van der Waals surface area contributed by atoms with Crippen LogP contribution in [0.15, 0.2) is 16.9 Å². The summed E-state index contributed by atoms with van der Waals surface area (Å²) in [7, 11) is 0. The Hall–Kier alpha value is -1.36. The topological polar surface area (TPSA) is 64.0 Å². The second-order valence-electron chi connectivity index (χ2n) is 5.60. The van der Waals surface area contributed by atoms with Gasteiger partial charge in [-0.3, -0.25) is 9.59 Å². The van der Waals surface area contributed by atoms with Gasteiger partial charge in [-0.2, -0.15) is 5.10 Å². The fraction of sp³-hybridized carbons (Fsp3) is 0.643. The van der Waals surface area contributed by atoms with Crippen molar-refractivity contribution in [3.8, 4) is 0 Å². The van der Waals surface area contributed by atoms with Gasteiger partial charge in [0.1, 0.15) is 5.88 Å². The first kappa shape index (κ1) is 15.0. The maximum absolute atomic E-state index is 11.9. The summed E-state index contributed by atoms with van der Waals surface area (Å²) in [6.45, 7) is 4.36. The molecular formula is C14H20ClN3O2. The smallest absolute Gasteiger partial charge is 0.266 e. The van der Waals surface area contributed by atoms with Gasteiger partial charge in [-0.25, -0.2) is 4.68 Å². The molecule has 5 nitrogen and oxygen atoms in total. The van der Waals surface area contributed by atoms with Gasteiger partial charge >= 0.3 is 0 Å². The number of halogens is 1. The summed E-state index contributed by atoms with van der Waals surface area (Å²) in [5, 5.41) is 7.25. The summed E-state index contributed by atoms with van der Waals surface area (Å²) in [6.07, 6.45) is 2.28. The van der Waals surface area contributed by atoms with Gasteiger partial charge in [0.05, 0.1) is 18.3 Å². The van der Waals surface area contributed by atoms with Gasteiger partial charge in [0.25, 0.3) is 5.56 Å². The van der Waals surface area contributed by atoms with E-state index < -0.39 is 0 Å². The zero-order valence-corrected chi connectivity index (χ0v) is 12.6. The quantitative estimate of drug-likeness (QED) is 0.809. The van der Waals surface area contributed by atoms with E-state index in [0.29, 0.717) is 12.5 Å². The normalized spacial score (nSPS) is 16.2. The highest BCUT2D eigenvalue weighted by Gasteiger charge is 2.26. The van der Waals surface area contributed by atoms with Crippen molar-refractivity contribution in [2.75, 3.05) is 5.88 Å². The van der Waals surface area contributed by atoms with Crippen LogP contribution in [0.5, 0.6) is 0 Å². The van der Waals surface area contributed by atoms with E-state index in [2.05, 4.69) is 10.4 Å². The Kier molecular flexibility index (Phi) is 4.81. The van der Waals surface area contributed by atoms with Crippen molar-refractivity contribution in [1.82, 2.24) is 15.1 Å². The molecule has 1 heterocycles. The molecule has 1 amide bonds. The van der Waals surface area contributed by atoms with E-state index in [4.69, 9.17) is 11.6 Å². The number of nitrogens with one attached hydrogen (secondary N) is 1. The summed E-state index contributed by atoms with van der Waals surface area (Å²) >= 11 is 5.51. The highest BCUT2D eigenvalue weighted by molar-refractivity contribution is 6.27. The standard InChI is InChI=1S/C14H20ClN3O2/c1-9(2)12(16-13(19)7-15)8-18-14(20)6-5-11(17-18)10-3-4-10/h5-6,9-10,12H,3-4,7-8H2,1-2H3,(H,16,19)/t12-/m1/s1. The first-order valence-corrected chi connectivity index (χ1v) is 7.48. The van der Waals surface area contributed by atoms with Gasteiger partial charge in [-0.05, 0) is 24.8 Å². The van der Waals surface area contributed by atoms with Crippen LogP contribution in [0.2, 0.25) is 0 Å². The van der Waals surface area contributed by atoms with Gasteiger partial charge in [0, 0.05) is 12.0 Å². The minimum atomic E-state index is -0.225. The molecule has 0 bridgehead atoms. The second-order valence-corrected chi connectivity index (χ2v) is 5.87. The maximum atomic E-state index is 11.9. The first-order valence-electron chi connectivity index (χ1n) is 6.94. The van der Waals surface area contributed by atoms with Crippen molar-refractivity contribution >= 4 is 17.5 Å². The largest absolute Gasteiger partial charge is 0.350 e. The minimum absolute atomic E-state index is 0.0757. The van der Waals surface area contributed by atoms with E-state index in [1.54, 1.807) is 12.1 Å². The lowest BCUT2D eigenvalue weighted by Gasteiger charge is -2.22. The molecule has 0 aromatic carbocycles. The second kappa shape index (κ2) is 6.39. The van der Waals surface area contributed by atoms with Gasteiger partial charge in [0.15, 0.2) is 0 Å². The molecule has 0 unspecified atom stereocenters. The van der Waals surface area contributed by atoms with Crippen LogP contribution in [0.1, 0.15) is 38.3 Å². The Bertz CT molecular complexity index is 537. The molecule has 0 aliphatic heterocycles. The van der Waals surface area contributed by atoms with E-state index in [9.17, 15) is 9.59 Å². The van der Waals surface area contributed by atoms with Crippen LogP contribution in [0.4, 0.5) is 0 Å². The van der Waals surface area contributed by atoms with Gasteiger partial charge in [-0.1, -0.05) is 13.8 Å². The number of carbonyl (C=O) groups excluding carboxylic acids is 1. The zero-order chi connectivity index (χ0) is 14.7. The van der Waals surface area contributed by atoms with Crippen molar-refractivity contribution in [2.45, 2.75) is 45.2 Å². The zero-order valence-electron chi connectivity index (χ0n) is 11.8. The number of hydrogen-bond acceptors (Lipinski definition) is 3. The van der Waals surface area contributed by atoms with Gasteiger partial charge in [0.2, 0.25) is 5.91 Å². The van der Waals surface area contributed by atoms with Crippen molar-refractivity contribution in [1.29, 1.82) is 0 Å². The summed E-state index contributed by atoms with van der Waals surface area (Å²) < 4.78 is 1.45. The number of aromatic nitrogens is 2. The number of rotatable bonds is 6. The lowest BCUT2D eigenvalue weighted by molar-refractivity contribution is -0.119. The third kappa shape index (κ3) is 3.82. The van der Waals surface area contributed by atoms with Crippen LogP contribution in [-0.2, 0) is 11.3 Å². The molecule has 1 aromatic rings. The molecule has 0 spiro atoms. The molecule has 2 rings (SSSR count). The number of alkyl halides is 1. The van der Waals surface area contributed by atoms with Crippen molar-refractivity contribution in [3.63, 3.8) is 0 Å². The number of nitrogens with zero attached hydrogens (tertiary/aromatic N) is 2. The summed E-state index contributed by atoms with van der Waals surface area (Å²) in [5.74, 6) is 0.391. The van der Waals surface area contributed by atoms with E-state index in [-0.39, 0.29) is 29.3 Å². The lowest BCUT2D eigenvalue weighted by Crippen LogP contribution is -2.44. The molecular weight excluding hydrogens is 278 g/mol. The van der Waals surface area contributed by atoms with E-state index >= 15 is 0 Å². The molecule has 0 radical (unpaired) electrons. The average Bonchev–Trinajstić information content (AvgIpc) is 3.24. The molecule has 20 heavy (non-hydrogen) atoms. The van der Waals surface area contributed by atoms with E-state index in [1.165, 1.54) is 4.68 Å². The Labute approximate surface area is 123 Å². The molecule has 1 saturated carbocycles. The third-order valence-electron chi connectivity index (χ3n) is 3.52. The predicted octanol–water partition coefficient (Wildman–Crippen LogP) is 1.50. The molecule has 6 heteroatoms. The Morgan fingerprint density at radius 3 is 2.75 bits per heavy atom. The lowest BCUT2D eigenvalue weighted by atomic mass is 10.0. The van der Waals surface area contributed by atoms with Crippen LogP contribution in [0, 0.1) is 5.92 Å². The van der Waals surface area contributed by atoms with Crippen molar-refractivity contribution < 1.29 is 4.79 Å². The molecule has 0 saturated heterocycles. The minimum Gasteiger partial charge on any atom is -0.350 e. The highest BCUT2D eigenvalue weighted by Crippen LogP contribution is 2.38. The third-order valence-corrected chi connectivity index (χ3v) is 3.77. The summed E-state index contributed by atoms with van der Waals surface area (Å²) in [6, 6.07) is 3.21.